The fourth-order valence-corrected chi connectivity index (χ4v) is 3.05. The second kappa shape index (κ2) is 24.4. The molecule has 1 rings (SSSR count). The molecule has 0 aliphatic rings. The Hall–Kier alpha value is -1.63. The summed E-state index contributed by atoms with van der Waals surface area (Å²) >= 11 is 0. The van der Waals surface area contributed by atoms with Crippen LogP contribution in [0.1, 0.15) is 105 Å². The summed E-state index contributed by atoms with van der Waals surface area (Å²) in [6.07, 6.45) is 11.1. The smallest absolute Gasteiger partial charge is 0.158 e. The summed E-state index contributed by atoms with van der Waals surface area (Å²) in [6, 6.07) is 8.53. The first-order valence-electron chi connectivity index (χ1n) is 11.9. The molecule has 0 saturated heterocycles. The largest absolute Gasteiger partial charge is 0.295 e. The highest BCUT2D eigenvalue weighted by molar-refractivity contribution is 5.95. The number of carbonyl (C=O) groups is 1. The van der Waals surface area contributed by atoms with Crippen LogP contribution in [0.3, 0.4) is 0 Å². The molecule has 0 aliphatic heterocycles. The van der Waals surface area contributed by atoms with Crippen molar-refractivity contribution in [3.8, 4) is 0 Å². The summed E-state index contributed by atoms with van der Waals surface area (Å²) in [4.78, 5) is 12.4. The van der Waals surface area contributed by atoms with Crippen molar-refractivity contribution in [2.75, 3.05) is 0 Å². The minimum absolute atomic E-state index is 0.310. The molecule has 0 N–H and O–H groups in total. The standard InChI is InChI=1S/C22H34O.2C2H6.C2H4/c1-5-8-12-19(13-9-6-2)16-21(22(23)7-3)17-20-14-10-11-18(4)15-20;3*1-2/h10-11,14-16,19H,5-9,12-13,17H2,1-4H3;2*1-2H3;1-2H2/b21-16+;;;. The Kier molecular flexibility index (Phi) is 27.0. The van der Waals surface area contributed by atoms with Crippen LogP contribution in [0.25, 0.3) is 0 Å². The van der Waals surface area contributed by atoms with Crippen LogP contribution in [-0.4, -0.2) is 5.78 Å². The molecule has 0 radical (unpaired) electrons. The van der Waals surface area contributed by atoms with E-state index in [0.717, 1.165) is 12.0 Å². The van der Waals surface area contributed by atoms with Crippen molar-refractivity contribution < 1.29 is 4.79 Å². The first-order chi connectivity index (χ1) is 14.1. The fraction of sp³-hybridized carbons (Fsp3) is 0.607. The fourth-order valence-electron chi connectivity index (χ4n) is 3.05. The third kappa shape index (κ3) is 17.0. The Bertz CT molecular complexity index is 505. The van der Waals surface area contributed by atoms with Crippen molar-refractivity contribution in [2.45, 2.75) is 107 Å². The van der Waals surface area contributed by atoms with E-state index < -0.39 is 0 Å². The molecule has 0 saturated carbocycles. The highest BCUT2D eigenvalue weighted by Crippen LogP contribution is 2.22. The average Bonchev–Trinajstić information content (AvgIpc) is 2.78. The Morgan fingerprint density at radius 2 is 1.48 bits per heavy atom. The molecule has 1 aromatic rings. The number of Topliss-reactive ketones (excluding diaryl/α,β-unsaturated/α-hetero) is 1. The predicted octanol–water partition coefficient (Wildman–Crippen LogP) is 9.29. The maximum absolute atomic E-state index is 12.4. The zero-order chi connectivity index (χ0) is 23.1. The predicted molar refractivity (Wildman–Crippen MR) is 135 cm³/mol. The highest BCUT2D eigenvalue weighted by atomic mass is 16.1. The topological polar surface area (TPSA) is 17.1 Å². The van der Waals surface area contributed by atoms with Crippen LogP contribution >= 0.6 is 0 Å². The van der Waals surface area contributed by atoms with Gasteiger partial charge in [-0.05, 0) is 36.8 Å². The van der Waals surface area contributed by atoms with Gasteiger partial charge in [-0.3, -0.25) is 4.79 Å². The normalized spacial score (nSPS) is 10.0. The number of allylic oxidation sites excluding steroid dienone is 2. The zero-order valence-electron chi connectivity index (χ0n) is 20.9. The van der Waals surface area contributed by atoms with Crippen molar-refractivity contribution in [2.24, 2.45) is 5.92 Å². The second-order valence-electron chi connectivity index (χ2n) is 6.68. The number of ketones is 1. The molecular formula is C28H50O. The van der Waals surface area contributed by atoms with Gasteiger partial charge in [0.25, 0.3) is 0 Å². The van der Waals surface area contributed by atoms with Crippen molar-refractivity contribution in [1.29, 1.82) is 0 Å². The van der Waals surface area contributed by atoms with E-state index in [4.69, 9.17) is 0 Å². The molecule has 1 aromatic carbocycles. The van der Waals surface area contributed by atoms with Gasteiger partial charge in [0, 0.05) is 12.8 Å². The van der Waals surface area contributed by atoms with Crippen molar-refractivity contribution >= 4 is 5.78 Å². The van der Waals surface area contributed by atoms with Gasteiger partial charge in [0.1, 0.15) is 0 Å². The van der Waals surface area contributed by atoms with E-state index in [9.17, 15) is 4.79 Å². The maximum Gasteiger partial charge on any atom is 0.158 e. The molecule has 1 heteroatoms. The number of aryl methyl sites for hydroxylation is 1. The first kappa shape index (κ1) is 32.0. The third-order valence-electron chi connectivity index (χ3n) is 4.45. The lowest BCUT2D eigenvalue weighted by Crippen LogP contribution is -2.08. The molecule has 0 spiro atoms. The Morgan fingerprint density at radius 1 is 0.966 bits per heavy atom. The summed E-state index contributed by atoms with van der Waals surface area (Å²) < 4.78 is 0. The Morgan fingerprint density at radius 3 is 1.90 bits per heavy atom. The zero-order valence-corrected chi connectivity index (χ0v) is 20.9. The maximum atomic E-state index is 12.4. The van der Waals surface area contributed by atoms with Gasteiger partial charge in [0.15, 0.2) is 5.78 Å². The first-order valence-corrected chi connectivity index (χ1v) is 11.9. The number of benzene rings is 1. The van der Waals surface area contributed by atoms with Gasteiger partial charge in [-0.1, -0.05) is 110 Å². The van der Waals surface area contributed by atoms with Crippen LogP contribution < -0.4 is 0 Å². The summed E-state index contributed by atoms with van der Waals surface area (Å²) in [7, 11) is 0. The van der Waals surface area contributed by atoms with E-state index in [1.807, 2.05) is 34.6 Å². The lowest BCUT2D eigenvalue weighted by Gasteiger charge is -2.15. The highest BCUT2D eigenvalue weighted by Gasteiger charge is 2.13. The summed E-state index contributed by atoms with van der Waals surface area (Å²) in [6.45, 7) is 22.6. The molecule has 0 aromatic heterocycles. The van der Waals surface area contributed by atoms with Crippen LogP contribution in [0, 0.1) is 12.8 Å². The molecule has 29 heavy (non-hydrogen) atoms. The number of hydrogen-bond acceptors (Lipinski definition) is 1. The van der Waals surface area contributed by atoms with Gasteiger partial charge in [-0.25, -0.2) is 0 Å². The monoisotopic (exact) mass is 402 g/mol. The molecule has 0 heterocycles. The lowest BCUT2D eigenvalue weighted by atomic mass is 9.90. The van der Waals surface area contributed by atoms with E-state index in [1.54, 1.807) is 0 Å². The SMILES string of the molecule is C=C.CC.CC.CCCCC(/C=C(\Cc1cccc(C)c1)C(=O)CC)CCCC. The van der Waals surface area contributed by atoms with E-state index in [-0.39, 0.29) is 0 Å². The Labute approximate surface area is 183 Å². The van der Waals surface area contributed by atoms with Crippen LogP contribution in [0.4, 0.5) is 0 Å². The minimum Gasteiger partial charge on any atom is -0.295 e. The molecule has 0 amide bonds. The van der Waals surface area contributed by atoms with Crippen LogP contribution in [0.15, 0.2) is 49.1 Å². The van der Waals surface area contributed by atoms with E-state index in [0.29, 0.717) is 18.1 Å². The number of rotatable bonds is 11. The van der Waals surface area contributed by atoms with E-state index in [1.165, 1.54) is 49.7 Å². The van der Waals surface area contributed by atoms with E-state index >= 15 is 0 Å². The van der Waals surface area contributed by atoms with Crippen LogP contribution in [-0.2, 0) is 11.2 Å². The number of carbonyl (C=O) groups excluding carboxylic acids is 1. The van der Waals surface area contributed by atoms with E-state index in [2.05, 4.69) is 64.3 Å². The van der Waals surface area contributed by atoms with Crippen molar-refractivity contribution in [3.63, 3.8) is 0 Å². The molecule has 1 nitrogen and oxygen atoms in total. The van der Waals surface area contributed by atoms with Gasteiger partial charge >= 0.3 is 0 Å². The van der Waals surface area contributed by atoms with Gasteiger partial charge in [-0.2, -0.15) is 0 Å². The quantitative estimate of drug-likeness (QED) is 0.266. The van der Waals surface area contributed by atoms with Gasteiger partial charge in [-0.15, -0.1) is 13.2 Å². The summed E-state index contributed by atoms with van der Waals surface area (Å²) in [5.74, 6) is 0.870. The van der Waals surface area contributed by atoms with Crippen molar-refractivity contribution in [1.82, 2.24) is 0 Å². The average molecular weight is 403 g/mol. The summed E-state index contributed by atoms with van der Waals surface area (Å²) in [5, 5.41) is 0. The van der Waals surface area contributed by atoms with Gasteiger partial charge in [0.2, 0.25) is 0 Å². The number of unbranched alkanes of at least 4 members (excludes halogenated alkanes) is 2. The molecule has 0 unspecified atom stereocenters. The van der Waals surface area contributed by atoms with Crippen LogP contribution in [0.2, 0.25) is 0 Å². The molecule has 0 bridgehead atoms. The second-order valence-corrected chi connectivity index (χ2v) is 6.68. The van der Waals surface area contributed by atoms with Crippen molar-refractivity contribution in [3.05, 3.63) is 60.2 Å². The molecular weight excluding hydrogens is 352 g/mol. The summed E-state index contributed by atoms with van der Waals surface area (Å²) in [5.41, 5.74) is 3.54. The molecule has 0 aliphatic carbocycles. The van der Waals surface area contributed by atoms with Crippen LogP contribution in [0.5, 0.6) is 0 Å². The third-order valence-corrected chi connectivity index (χ3v) is 4.45. The lowest BCUT2D eigenvalue weighted by molar-refractivity contribution is -0.115. The molecule has 168 valence electrons. The number of hydrogen-bond donors (Lipinski definition) is 0. The van der Waals surface area contributed by atoms with Gasteiger partial charge < -0.3 is 0 Å². The minimum atomic E-state index is 0.310. The molecule has 0 fully saturated rings. The molecule has 0 atom stereocenters. The Balaban J connectivity index is -0.00000103. The van der Waals surface area contributed by atoms with Gasteiger partial charge in [0.05, 0.1) is 0 Å².